The van der Waals surface area contributed by atoms with Crippen molar-refractivity contribution in [2.24, 2.45) is 5.92 Å². The van der Waals surface area contributed by atoms with Crippen molar-refractivity contribution in [3.63, 3.8) is 0 Å². The first-order valence-electron chi connectivity index (χ1n) is 10.6. The highest BCUT2D eigenvalue weighted by atomic mass is 32.2. The van der Waals surface area contributed by atoms with Crippen LogP contribution in [-0.4, -0.2) is 39.4 Å². The normalized spacial score (nSPS) is 11.0. The number of hydrogen-bond donors (Lipinski definition) is 2. The lowest BCUT2D eigenvalue weighted by Gasteiger charge is -2.12. The molecular weight excluding hydrogens is 426 g/mol. The molecule has 0 radical (unpaired) electrons. The van der Waals surface area contributed by atoms with Crippen LogP contribution in [0.15, 0.2) is 46.2 Å². The maximum absolute atomic E-state index is 12.6. The van der Waals surface area contributed by atoms with Crippen LogP contribution in [0.5, 0.6) is 0 Å². The molecule has 2 aromatic heterocycles. The van der Waals surface area contributed by atoms with E-state index in [1.165, 1.54) is 6.26 Å². The van der Waals surface area contributed by atoms with Crippen molar-refractivity contribution in [2.45, 2.75) is 45.3 Å². The Labute approximate surface area is 192 Å². The van der Waals surface area contributed by atoms with E-state index in [4.69, 9.17) is 4.42 Å². The van der Waals surface area contributed by atoms with Crippen LogP contribution in [0.3, 0.4) is 0 Å². The van der Waals surface area contributed by atoms with Crippen LogP contribution in [0, 0.1) is 12.8 Å². The number of benzene rings is 1. The van der Waals surface area contributed by atoms with Gasteiger partial charge in [0.15, 0.2) is 10.9 Å². The van der Waals surface area contributed by atoms with Crippen LogP contribution < -0.4 is 10.6 Å². The van der Waals surface area contributed by atoms with Crippen LogP contribution in [-0.2, 0) is 13.0 Å². The molecule has 0 unspecified atom stereocenters. The van der Waals surface area contributed by atoms with Gasteiger partial charge in [-0.05, 0) is 55.3 Å². The minimum Gasteiger partial charge on any atom is -0.459 e. The Kier molecular flexibility index (Phi) is 8.10. The van der Waals surface area contributed by atoms with Gasteiger partial charge in [-0.3, -0.25) is 9.59 Å². The van der Waals surface area contributed by atoms with Crippen LogP contribution >= 0.6 is 11.8 Å². The summed E-state index contributed by atoms with van der Waals surface area (Å²) in [6, 6.07) is 8.47. The maximum Gasteiger partial charge on any atom is 0.291 e. The molecule has 0 saturated heterocycles. The number of rotatable bonds is 10. The minimum atomic E-state index is -0.356. The van der Waals surface area contributed by atoms with E-state index in [0.717, 1.165) is 35.9 Å². The van der Waals surface area contributed by atoms with Crippen LogP contribution in [0.2, 0.25) is 0 Å². The fourth-order valence-electron chi connectivity index (χ4n) is 3.24. The van der Waals surface area contributed by atoms with Crippen LogP contribution in [0.1, 0.15) is 52.6 Å². The minimum absolute atomic E-state index is 0.188. The second-order valence-electron chi connectivity index (χ2n) is 7.93. The third-order valence-electron chi connectivity index (χ3n) is 4.88. The SMILES string of the molecule is CSc1nnc(CCCNC(=O)c2ccc(C)c(NC(=O)c3ccco3)c2)n1CC(C)C. The van der Waals surface area contributed by atoms with Gasteiger partial charge in [-0.15, -0.1) is 10.2 Å². The van der Waals surface area contributed by atoms with Gasteiger partial charge < -0.3 is 19.6 Å². The van der Waals surface area contributed by atoms with Gasteiger partial charge in [-0.1, -0.05) is 31.7 Å². The Balaban J connectivity index is 1.55. The molecule has 0 spiro atoms. The van der Waals surface area contributed by atoms with Crippen molar-refractivity contribution < 1.29 is 14.0 Å². The average molecular weight is 456 g/mol. The first-order chi connectivity index (χ1) is 15.4. The smallest absolute Gasteiger partial charge is 0.291 e. The van der Waals surface area contributed by atoms with Crippen molar-refractivity contribution in [1.82, 2.24) is 20.1 Å². The fraction of sp³-hybridized carbons (Fsp3) is 0.391. The molecule has 3 rings (SSSR count). The summed E-state index contributed by atoms with van der Waals surface area (Å²) >= 11 is 1.59. The van der Waals surface area contributed by atoms with E-state index in [1.54, 1.807) is 36.0 Å². The summed E-state index contributed by atoms with van der Waals surface area (Å²) in [7, 11) is 0. The van der Waals surface area contributed by atoms with Crippen molar-refractivity contribution in [1.29, 1.82) is 0 Å². The number of furan rings is 1. The van der Waals surface area contributed by atoms with E-state index < -0.39 is 0 Å². The van der Waals surface area contributed by atoms with E-state index in [1.807, 2.05) is 19.2 Å². The number of anilines is 1. The number of thioether (sulfide) groups is 1. The predicted molar refractivity (Wildman–Crippen MR) is 125 cm³/mol. The molecule has 0 aliphatic rings. The second kappa shape index (κ2) is 11.0. The van der Waals surface area contributed by atoms with Crippen LogP contribution in [0.4, 0.5) is 5.69 Å². The summed E-state index contributed by atoms with van der Waals surface area (Å²) < 4.78 is 7.28. The molecule has 0 atom stereocenters. The Morgan fingerprint density at radius 3 is 2.69 bits per heavy atom. The number of aryl methyl sites for hydroxylation is 2. The lowest BCUT2D eigenvalue weighted by atomic mass is 10.1. The summed E-state index contributed by atoms with van der Waals surface area (Å²) in [5, 5.41) is 15.2. The number of aromatic nitrogens is 3. The predicted octanol–water partition coefficient (Wildman–Crippen LogP) is 4.17. The zero-order chi connectivity index (χ0) is 23.1. The molecule has 0 bridgehead atoms. The number of nitrogens with zero attached hydrogens (tertiary/aromatic N) is 3. The molecule has 170 valence electrons. The van der Waals surface area contributed by atoms with Gasteiger partial charge in [0.2, 0.25) is 0 Å². The number of nitrogens with one attached hydrogen (secondary N) is 2. The Morgan fingerprint density at radius 1 is 1.19 bits per heavy atom. The molecule has 0 aliphatic heterocycles. The summed E-state index contributed by atoms with van der Waals surface area (Å²) in [5.41, 5.74) is 1.92. The number of amides is 2. The molecule has 3 aromatic rings. The molecule has 8 nitrogen and oxygen atoms in total. The fourth-order valence-corrected chi connectivity index (χ4v) is 3.77. The largest absolute Gasteiger partial charge is 0.459 e. The lowest BCUT2D eigenvalue weighted by molar-refractivity contribution is 0.0951. The quantitative estimate of drug-likeness (QED) is 0.351. The number of carbonyl (C=O) groups excluding carboxylic acids is 2. The lowest BCUT2D eigenvalue weighted by Crippen LogP contribution is -2.25. The van der Waals surface area contributed by atoms with Gasteiger partial charge in [0.25, 0.3) is 11.8 Å². The number of hydrogen-bond acceptors (Lipinski definition) is 6. The third-order valence-corrected chi connectivity index (χ3v) is 5.55. The molecule has 9 heteroatoms. The van der Waals surface area contributed by atoms with Crippen molar-refractivity contribution in [2.75, 3.05) is 18.1 Å². The summed E-state index contributed by atoms with van der Waals surface area (Å²) in [6.45, 7) is 7.60. The zero-order valence-electron chi connectivity index (χ0n) is 18.8. The maximum atomic E-state index is 12.6. The van der Waals surface area contributed by atoms with Crippen molar-refractivity contribution in [3.8, 4) is 0 Å². The van der Waals surface area contributed by atoms with Gasteiger partial charge in [-0.25, -0.2) is 0 Å². The Hall–Kier alpha value is -3.07. The van der Waals surface area contributed by atoms with E-state index in [-0.39, 0.29) is 17.6 Å². The average Bonchev–Trinajstić information content (AvgIpc) is 3.42. The van der Waals surface area contributed by atoms with Gasteiger partial charge in [0.05, 0.1) is 6.26 Å². The Morgan fingerprint density at radius 2 is 2.00 bits per heavy atom. The van der Waals surface area contributed by atoms with Gasteiger partial charge in [0, 0.05) is 30.8 Å². The van der Waals surface area contributed by atoms with Crippen LogP contribution in [0.25, 0.3) is 0 Å². The molecule has 2 N–H and O–H groups in total. The summed E-state index contributed by atoms with van der Waals surface area (Å²) in [4.78, 5) is 24.9. The van der Waals surface area contributed by atoms with E-state index in [0.29, 0.717) is 23.7 Å². The Bertz CT molecular complexity index is 1060. The molecular formula is C23H29N5O3S. The number of carbonyl (C=O) groups is 2. The molecule has 1 aromatic carbocycles. The molecule has 2 heterocycles. The monoisotopic (exact) mass is 455 g/mol. The zero-order valence-corrected chi connectivity index (χ0v) is 19.7. The molecule has 32 heavy (non-hydrogen) atoms. The standard InChI is InChI=1S/C23H29N5O3S/c1-15(2)14-28-20(26-27-23(28)32-4)8-5-11-24-21(29)17-10-9-16(3)18(13-17)25-22(30)19-7-6-12-31-19/h6-7,9-10,12-13,15H,5,8,11,14H2,1-4H3,(H,24,29)(H,25,30). The highest BCUT2D eigenvalue weighted by molar-refractivity contribution is 7.98. The van der Waals surface area contributed by atoms with Gasteiger partial charge in [-0.2, -0.15) is 0 Å². The molecule has 0 saturated carbocycles. The third kappa shape index (κ3) is 6.00. The molecule has 0 fully saturated rings. The second-order valence-corrected chi connectivity index (χ2v) is 8.70. The summed E-state index contributed by atoms with van der Waals surface area (Å²) in [5.74, 6) is 1.11. The molecule has 0 aliphatic carbocycles. The van der Waals surface area contributed by atoms with Crippen molar-refractivity contribution in [3.05, 3.63) is 59.3 Å². The highest BCUT2D eigenvalue weighted by Crippen LogP contribution is 2.19. The molecule has 2 amide bonds. The van der Waals surface area contributed by atoms with Gasteiger partial charge in [0.1, 0.15) is 5.82 Å². The topological polar surface area (TPSA) is 102 Å². The van der Waals surface area contributed by atoms with E-state index in [9.17, 15) is 9.59 Å². The van der Waals surface area contributed by atoms with Crippen molar-refractivity contribution >= 4 is 29.3 Å². The first kappa shape index (κ1) is 23.6. The van der Waals surface area contributed by atoms with Gasteiger partial charge >= 0.3 is 0 Å². The first-order valence-corrected chi connectivity index (χ1v) is 11.8. The van der Waals surface area contributed by atoms with E-state index >= 15 is 0 Å². The van der Waals surface area contributed by atoms with E-state index in [2.05, 4.69) is 39.2 Å². The highest BCUT2D eigenvalue weighted by Gasteiger charge is 2.14. The summed E-state index contributed by atoms with van der Waals surface area (Å²) in [6.07, 6.45) is 4.93.